The Bertz CT molecular complexity index is 607. The van der Waals surface area contributed by atoms with Crippen molar-refractivity contribution >= 4 is 5.69 Å². The summed E-state index contributed by atoms with van der Waals surface area (Å²) in [7, 11) is 3.85. The summed E-state index contributed by atoms with van der Waals surface area (Å²) in [5, 5.41) is 3.50. The smallest absolute Gasteiger partial charge is 0.118 e. The van der Waals surface area contributed by atoms with Crippen LogP contribution in [-0.4, -0.2) is 20.7 Å². The van der Waals surface area contributed by atoms with Gasteiger partial charge in [0.05, 0.1) is 7.11 Å². The molecule has 21 heavy (non-hydrogen) atoms. The van der Waals surface area contributed by atoms with Crippen LogP contribution in [0.4, 0.5) is 5.69 Å². The van der Waals surface area contributed by atoms with Crippen LogP contribution in [0.3, 0.4) is 0 Å². The molecular formula is C18H22N2O. The third-order valence-corrected chi connectivity index (χ3v) is 4.09. The number of anilines is 1. The Balaban J connectivity index is 1.55. The highest BCUT2D eigenvalue weighted by Crippen LogP contribution is 2.27. The number of fused-ring (bicyclic) bond motifs is 1. The lowest BCUT2D eigenvalue weighted by Crippen LogP contribution is -2.13. The van der Waals surface area contributed by atoms with Gasteiger partial charge < -0.3 is 15.0 Å². The molecule has 0 spiro atoms. The van der Waals surface area contributed by atoms with Gasteiger partial charge in [-0.25, -0.2) is 0 Å². The molecule has 1 aliphatic heterocycles. The molecule has 2 aromatic carbocycles. The summed E-state index contributed by atoms with van der Waals surface area (Å²) in [6.07, 6.45) is 1.16. The summed E-state index contributed by atoms with van der Waals surface area (Å²) in [5.74, 6) is 0.904. The Hall–Kier alpha value is -2.00. The summed E-state index contributed by atoms with van der Waals surface area (Å²) in [6, 6.07) is 15.0. The van der Waals surface area contributed by atoms with Crippen molar-refractivity contribution in [2.75, 3.05) is 25.6 Å². The predicted octanol–water partition coefficient (Wildman–Crippen LogP) is 2.98. The van der Waals surface area contributed by atoms with Crippen molar-refractivity contribution in [2.45, 2.75) is 19.5 Å². The molecular weight excluding hydrogens is 260 g/mol. The Morgan fingerprint density at radius 3 is 2.52 bits per heavy atom. The van der Waals surface area contributed by atoms with E-state index in [1.807, 2.05) is 12.1 Å². The summed E-state index contributed by atoms with van der Waals surface area (Å²) < 4.78 is 5.17. The molecule has 0 aliphatic carbocycles. The second kappa shape index (κ2) is 6.19. The molecule has 1 N–H and O–H groups in total. The Labute approximate surface area is 126 Å². The number of hydrogen-bond acceptors (Lipinski definition) is 3. The second-order valence-corrected chi connectivity index (χ2v) is 5.59. The standard InChI is InChI=1S/C18H22N2O/c1-20-10-9-16-11-15(5-8-18(16)20)13-19-12-14-3-6-17(21-2)7-4-14/h3-8,11,19H,9-10,12-13H2,1-2H3. The number of benzene rings is 2. The average molecular weight is 282 g/mol. The van der Waals surface area contributed by atoms with Crippen LogP contribution < -0.4 is 15.0 Å². The average Bonchev–Trinajstić information content (AvgIpc) is 2.89. The van der Waals surface area contributed by atoms with Crippen molar-refractivity contribution < 1.29 is 4.74 Å². The van der Waals surface area contributed by atoms with Crippen molar-refractivity contribution in [1.82, 2.24) is 5.32 Å². The lowest BCUT2D eigenvalue weighted by Gasteiger charge is -2.12. The first-order valence-corrected chi connectivity index (χ1v) is 7.43. The number of hydrogen-bond donors (Lipinski definition) is 1. The Morgan fingerprint density at radius 1 is 1.05 bits per heavy atom. The van der Waals surface area contributed by atoms with E-state index in [1.54, 1.807) is 7.11 Å². The number of methoxy groups -OCH3 is 1. The SMILES string of the molecule is COc1ccc(CNCc2ccc3c(c2)CCN3C)cc1. The van der Waals surface area contributed by atoms with Crippen LogP contribution in [0.15, 0.2) is 42.5 Å². The fourth-order valence-electron chi connectivity index (χ4n) is 2.82. The maximum Gasteiger partial charge on any atom is 0.118 e. The van der Waals surface area contributed by atoms with Gasteiger partial charge in [0.25, 0.3) is 0 Å². The van der Waals surface area contributed by atoms with E-state index in [0.717, 1.165) is 31.8 Å². The highest BCUT2D eigenvalue weighted by Gasteiger charge is 2.15. The molecule has 3 heteroatoms. The van der Waals surface area contributed by atoms with Gasteiger partial charge >= 0.3 is 0 Å². The molecule has 110 valence electrons. The highest BCUT2D eigenvalue weighted by molar-refractivity contribution is 5.58. The van der Waals surface area contributed by atoms with Gasteiger partial charge in [-0.05, 0) is 41.3 Å². The van der Waals surface area contributed by atoms with E-state index in [0.29, 0.717) is 0 Å². The molecule has 3 nitrogen and oxygen atoms in total. The van der Waals surface area contributed by atoms with Crippen LogP contribution in [0.5, 0.6) is 5.75 Å². The monoisotopic (exact) mass is 282 g/mol. The van der Waals surface area contributed by atoms with Crippen molar-refractivity contribution in [2.24, 2.45) is 0 Å². The quantitative estimate of drug-likeness (QED) is 0.912. The summed E-state index contributed by atoms with van der Waals surface area (Å²) in [5.41, 5.74) is 5.49. The molecule has 0 fully saturated rings. The molecule has 0 atom stereocenters. The first-order chi connectivity index (χ1) is 10.3. The molecule has 0 amide bonds. The molecule has 0 aromatic heterocycles. The van der Waals surface area contributed by atoms with Crippen LogP contribution in [0.1, 0.15) is 16.7 Å². The first-order valence-electron chi connectivity index (χ1n) is 7.43. The lowest BCUT2D eigenvalue weighted by atomic mass is 10.1. The minimum Gasteiger partial charge on any atom is -0.497 e. The molecule has 0 bridgehead atoms. The molecule has 0 saturated heterocycles. The number of nitrogens with one attached hydrogen (secondary N) is 1. The largest absolute Gasteiger partial charge is 0.497 e. The second-order valence-electron chi connectivity index (χ2n) is 5.59. The van der Waals surface area contributed by atoms with Gasteiger partial charge in [-0.2, -0.15) is 0 Å². The number of ether oxygens (including phenoxy) is 1. The Morgan fingerprint density at radius 2 is 1.76 bits per heavy atom. The fraction of sp³-hybridized carbons (Fsp3) is 0.333. The molecule has 0 radical (unpaired) electrons. The molecule has 1 heterocycles. The van der Waals surface area contributed by atoms with Gasteiger partial charge in [-0.3, -0.25) is 0 Å². The van der Waals surface area contributed by atoms with Gasteiger partial charge in [0, 0.05) is 32.4 Å². The van der Waals surface area contributed by atoms with Crippen molar-refractivity contribution in [3.05, 3.63) is 59.2 Å². The van der Waals surface area contributed by atoms with Crippen LogP contribution >= 0.6 is 0 Å². The van der Waals surface area contributed by atoms with Gasteiger partial charge in [-0.1, -0.05) is 24.3 Å². The van der Waals surface area contributed by atoms with E-state index in [-0.39, 0.29) is 0 Å². The lowest BCUT2D eigenvalue weighted by molar-refractivity contribution is 0.414. The Kier molecular flexibility index (Phi) is 4.11. The summed E-state index contributed by atoms with van der Waals surface area (Å²) >= 11 is 0. The molecule has 2 aromatic rings. The van der Waals surface area contributed by atoms with Crippen molar-refractivity contribution in [1.29, 1.82) is 0 Å². The highest BCUT2D eigenvalue weighted by atomic mass is 16.5. The minimum atomic E-state index is 0.876. The summed E-state index contributed by atoms with van der Waals surface area (Å²) in [6.45, 7) is 2.92. The minimum absolute atomic E-state index is 0.876. The van der Waals surface area contributed by atoms with E-state index >= 15 is 0 Å². The summed E-state index contributed by atoms with van der Waals surface area (Å²) in [4.78, 5) is 2.32. The van der Waals surface area contributed by atoms with E-state index < -0.39 is 0 Å². The van der Waals surface area contributed by atoms with Gasteiger partial charge in [0.1, 0.15) is 5.75 Å². The van der Waals surface area contributed by atoms with Crippen LogP contribution in [0.2, 0.25) is 0 Å². The number of rotatable bonds is 5. The van der Waals surface area contributed by atoms with Gasteiger partial charge in [-0.15, -0.1) is 0 Å². The number of nitrogens with zero attached hydrogens (tertiary/aromatic N) is 1. The number of likely N-dealkylation sites (N-methyl/N-ethyl adjacent to an activating group) is 1. The topological polar surface area (TPSA) is 24.5 Å². The van der Waals surface area contributed by atoms with E-state index in [9.17, 15) is 0 Å². The molecule has 3 rings (SSSR count). The zero-order valence-corrected chi connectivity index (χ0v) is 12.7. The van der Waals surface area contributed by atoms with Gasteiger partial charge in [0.2, 0.25) is 0 Å². The van der Waals surface area contributed by atoms with Crippen LogP contribution in [0.25, 0.3) is 0 Å². The van der Waals surface area contributed by atoms with Crippen molar-refractivity contribution in [3.63, 3.8) is 0 Å². The van der Waals surface area contributed by atoms with Crippen LogP contribution in [0, 0.1) is 0 Å². The van der Waals surface area contributed by atoms with E-state index in [4.69, 9.17) is 4.74 Å². The molecule has 0 unspecified atom stereocenters. The molecule has 0 saturated carbocycles. The zero-order chi connectivity index (χ0) is 14.7. The molecule has 1 aliphatic rings. The van der Waals surface area contributed by atoms with E-state index in [2.05, 4.69) is 47.6 Å². The van der Waals surface area contributed by atoms with E-state index in [1.165, 1.54) is 22.4 Å². The van der Waals surface area contributed by atoms with Gasteiger partial charge in [0.15, 0.2) is 0 Å². The predicted molar refractivity (Wildman–Crippen MR) is 87.0 cm³/mol. The fourth-order valence-corrected chi connectivity index (χ4v) is 2.82. The van der Waals surface area contributed by atoms with Crippen molar-refractivity contribution in [3.8, 4) is 5.75 Å². The third kappa shape index (κ3) is 3.19. The maximum atomic E-state index is 5.17. The normalized spacial score (nSPS) is 13.3. The van der Waals surface area contributed by atoms with Crippen LogP contribution in [-0.2, 0) is 19.5 Å². The zero-order valence-electron chi connectivity index (χ0n) is 12.7. The third-order valence-electron chi connectivity index (χ3n) is 4.09. The first kappa shape index (κ1) is 14.0. The maximum absolute atomic E-state index is 5.17.